The molecule has 0 amide bonds. The molecule has 130 valence electrons. The molecule has 0 spiro atoms. The lowest BCUT2D eigenvalue weighted by atomic mass is 9.96. The number of nitrogens with one attached hydrogen (secondary N) is 1. The van der Waals surface area contributed by atoms with Crippen molar-refractivity contribution in [3.63, 3.8) is 0 Å². The molecular weight excluding hydrogens is 350 g/mol. The van der Waals surface area contributed by atoms with Crippen molar-refractivity contribution in [1.29, 1.82) is 0 Å². The highest BCUT2D eigenvalue weighted by Crippen LogP contribution is 2.30. The van der Waals surface area contributed by atoms with Gasteiger partial charge in [0.25, 0.3) is 0 Å². The minimum absolute atomic E-state index is 0.173. The number of benzene rings is 3. The third-order valence-electron chi connectivity index (χ3n) is 5.02. The second-order valence-electron chi connectivity index (χ2n) is 6.75. The van der Waals surface area contributed by atoms with Gasteiger partial charge in [0.05, 0.1) is 0 Å². The van der Waals surface area contributed by atoms with Gasteiger partial charge < -0.3 is 4.98 Å². The molecule has 0 aliphatic heterocycles. The predicted molar refractivity (Wildman–Crippen MR) is 114 cm³/mol. The lowest BCUT2D eigenvalue weighted by Crippen LogP contribution is -2.01. The summed E-state index contributed by atoms with van der Waals surface area (Å²) in [5.41, 5.74) is 5.44. The van der Waals surface area contributed by atoms with E-state index in [4.69, 9.17) is 0 Å². The van der Waals surface area contributed by atoms with Crippen LogP contribution in [-0.2, 0) is 6.42 Å². The average Bonchev–Trinajstić information content (AvgIpc) is 3.39. The Morgan fingerprint density at radius 2 is 1.81 bits per heavy atom. The van der Waals surface area contributed by atoms with E-state index in [1.165, 1.54) is 21.9 Å². The number of hydrogen-bond donors (Lipinski definition) is 1. The summed E-state index contributed by atoms with van der Waals surface area (Å²) in [6.07, 6.45) is 2.42. The maximum atomic E-state index is 12.4. The molecule has 0 aliphatic carbocycles. The first-order valence-electron chi connectivity index (χ1n) is 8.92. The van der Waals surface area contributed by atoms with Gasteiger partial charge in [-0.05, 0) is 57.1 Å². The number of rotatable bonds is 4. The monoisotopic (exact) mass is 367 g/mol. The standard InChI is InChI=1S/C24H17NOS/c26-24(20-9-11-27-15-20)13-16-4-5-18-14-19(7-6-17(18)12-16)21-2-1-3-23-22(21)8-10-25-23/h1-12,14-15,25H,13H2. The van der Waals surface area contributed by atoms with E-state index in [1.807, 2.05) is 23.0 Å². The summed E-state index contributed by atoms with van der Waals surface area (Å²) >= 11 is 1.56. The van der Waals surface area contributed by atoms with Crippen LogP contribution in [0.5, 0.6) is 0 Å². The third-order valence-corrected chi connectivity index (χ3v) is 5.70. The largest absolute Gasteiger partial charge is 0.361 e. The van der Waals surface area contributed by atoms with Gasteiger partial charge in [0.15, 0.2) is 5.78 Å². The van der Waals surface area contributed by atoms with Crippen molar-refractivity contribution in [3.8, 4) is 11.1 Å². The van der Waals surface area contributed by atoms with E-state index in [0.29, 0.717) is 6.42 Å². The number of thiophene rings is 1. The molecule has 0 saturated carbocycles. The molecule has 0 fully saturated rings. The van der Waals surface area contributed by atoms with Gasteiger partial charge >= 0.3 is 0 Å². The van der Waals surface area contributed by atoms with Crippen LogP contribution in [0.15, 0.2) is 83.7 Å². The van der Waals surface area contributed by atoms with E-state index in [9.17, 15) is 4.79 Å². The number of aromatic amines is 1. The number of hydrogen-bond acceptors (Lipinski definition) is 2. The summed E-state index contributed by atoms with van der Waals surface area (Å²) in [4.78, 5) is 15.6. The Kier molecular flexibility index (Phi) is 3.88. The maximum Gasteiger partial charge on any atom is 0.168 e. The van der Waals surface area contributed by atoms with Gasteiger partial charge in [-0.2, -0.15) is 11.3 Å². The van der Waals surface area contributed by atoms with Crippen molar-refractivity contribution < 1.29 is 4.79 Å². The van der Waals surface area contributed by atoms with Crippen molar-refractivity contribution in [2.45, 2.75) is 6.42 Å². The number of ketones is 1. The highest BCUT2D eigenvalue weighted by Gasteiger charge is 2.09. The molecule has 0 unspecified atom stereocenters. The maximum absolute atomic E-state index is 12.4. The van der Waals surface area contributed by atoms with E-state index < -0.39 is 0 Å². The summed E-state index contributed by atoms with van der Waals surface area (Å²) in [5, 5.41) is 7.44. The smallest absolute Gasteiger partial charge is 0.168 e. The van der Waals surface area contributed by atoms with Gasteiger partial charge in [-0.15, -0.1) is 0 Å². The van der Waals surface area contributed by atoms with Gasteiger partial charge in [-0.3, -0.25) is 4.79 Å². The van der Waals surface area contributed by atoms with E-state index in [1.54, 1.807) is 11.3 Å². The van der Waals surface area contributed by atoms with Crippen LogP contribution in [0.4, 0.5) is 0 Å². The zero-order valence-electron chi connectivity index (χ0n) is 14.6. The fourth-order valence-corrected chi connectivity index (χ4v) is 4.28. The van der Waals surface area contributed by atoms with Crippen LogP contribution in [-0.4, -0.2) is 10.8 Å². The first-order chi connectivity index (χ1) is 13.3. The Labute approximate surface area is 161 Å². The van der Waals surface area contributed by atoms with Crippen molar-refractivity contribution >= 4 is 38.8 Å². The number of H-pyrrole nitrogens is 1. The molecule has 0 atom stereocenters. The first-order valence-corrected chi connectivity index (χ1v) is 9.87. The molecule has 0 bridgehead atoms. The van der Waals surface area contributed by atoms with Gasteiger partial charge in [-0.1, -0.05) is 42.5 Å². The SMILES string of the molecule is O=C(Cc1ccc2cc(-c3cccc4[nH]ccc34)ccc2c1)c1ccsc1. The van der Waals surface area contributed by atoms with Gasteiger partial charge in [-0.25, -0.2) is 0 Å². The first kappa shape index (κ1) is 16.0. The van der Waals surface area contributed by atoms with Crippen molar-refractivity contribution in [2.24, 2.45) is 0 Å². The number of Topliss-reactive ketones (excluding diaryl/α,β-unsaturated/α-hetero) is 1. The van der Waals surface area contributed by atoms with Crippen LogP contribution in [0, 0.1) is 0 Å². The van der Waals surface area contributed by atoms with Crippen LogP contribution in [0.1, 0.15) is 15.9 Å². The molecule has 0 aliphatic rings. The minimum atomic E-state index is 0.173. The van der Waals surface area contributed by atoms with Crippen LogP contribution in [0.25, 0.3) is 32.8 Å². The molecule has 5 rings (SSSR count). The van der Waals surface area contributed by atoms with Gasteiger partial charge in [0.2, 0.25) is 0 Å². The van der Waals surface area contributed by atoms with E-state index >= 15 is 0 Å². The molecule has 0 saturated heterocycles. The molecule has 2 aromatic heterocycles. The Balaban J connectivity index is 1.50. The summed E-state index contributed by atoms with van der Waals surface area (Å²) in [7, 11) is 0. The lowest BCUT2D eigenvalue weighted by molar-refractivity contribution is 0.0993. The lowest BCUT2D eigenvalue weighted by Gasteiger charge is -2.08. The number of fused-ring (bicyclic) bond motifs is 2. The van der Waals surface area contributed by atoms with Crippen molar-refractivity contribution in [2.75, 3.05) is 0 Å². The van der Waals surface area contributed by atoms with E-state index in [2.05, 4.69) is 65.6 Å². The van der Waals surface area contributed by atoms with Crippen LogP contribution in [0.3, 0.4) is 0 Å². The highest BCUT2D eigenvalue weighted by molar-refractivity contribution is 7.08. The number of aromatic nitrogens is 1. The molecule has 3 heteroatoms. The summed E-state index contributed by atoms with van der Waals surface area (Å²) in [5.74, 6) is 0.173. The molecule has 0 radical (unpaired) electrons. The summed E-state index contributed by atoms with van der Waals surface area (Å²) < 4.78 is 0. The minimum Gasteiger partial charge on any atom is -0.361 e. The van der Waals surface area contributed by atoms with E-state index in [-0.39, 0.29) is 5.78 Å². The zero-order chi connectivity index (χ0) is 18.2. The summed E-state index contributed by atoms with van der Waals surface area (Å²) in [6.45, 7) is 0. The molecule has 3 aromatic carbocycles. The molecule has 1 N–H and O–H groups in total. The molecule has 2 nitrogen and oxygen atoms in total. The molecular formula is C24H17NOS. The quantitative estimate of drug-likeness (QED) is 0.363. The fourth-order valence-electron chi connectivity index (χ4n) is 3.62. The van der Waals surface area contributed by atoms with Crippen molar-refractivity contribution in [1.82, 2.24) is 4.98 Å². The van der Waals surface area contributed by atoms with Crippen LogP contribution in [0.2, 0.25) is 0 Å². The van der Waals surface area contributed by atoms with Crippen LogP contribution < -0.4 is 0 Å². The molecule has 5 aromatic rings. The fraction of sp³-hybridized carbons (Fsp3) is 0.0417. The average molecular weight is 367 g/mol. The number of carbonyl (C=O) groups excluding carboxylic acids is 1. The van der Waals surface area contributed by atoms with Crippen LogP contribution >= 0.6 is 11.3 Å². The number of carbonyl (C=O) groups is 1. The molecule has 2 heterocycles. The Bertz CT molecular complexity index is 1260. The zero-order valence-corrected chi connectivity index (χ0v) is 15.4. The Morgan fingerprint density at radius 3 is 2.70 bits per heavy atom. The Morgan fingerprint density at radius 1 is 0.926 bits per heavy atom. The highest BCUT2D eigenvalue weighted by atomic mass is 32.1. The predicted octanol–water partition coefficient (Wildman–Crippen LogP) is 6.48. The second-order valence-corrected chi connectivity index (χ2v) is 7.53. The van der Waals surface area contributed by atoms with E-state index in [0.717, 1.165) is 22.0 Å². The molecule has 27 heavy (non-hydrogen) atoms. The normalized spacial score (nSPS) is 11.3. The van der Waals surface area contributed by atoms with Gasteiger partial charge in [0, 0.05) is 34.5 Å². The second kappa shape index (κ2) is 6.53. The topological polar surface area (TPSA) is 32.9 Å². The van der Waals surface area contributed by atoms with Crippen molar-refractivity contribution in [3.05, 3.63) is 94.8 Å². The summed E-state index contributed by atoms with van der Waals surface area (Å²) in [6, 6.07) is 23.2. The third kappa shape index (κ3) is 2.96. The Hall–Kier alpha value is -3.17. The van der Waals surface area contributed by atoms with Gasteiger partial charge in [0.1, 0.15) is 0 Å².